The average Bonchev–Trinajstić information content (AvgIpc) is 3.01. The molecule has 128 valence electrons. The number of nitrogens with zero attached hydrogens (tertiary/aromatic N) is 2. The lowest BCUT2D eigenvalue weighted by molar-refractivity contribution is -0.0290. The third-order valence-corrected chi connectivity index (χ3v) is 4.10. The molecule has 1 atom stereocenters. The lowest BCUT2D eigenvalue weighted by Crippen LogP contribution is -2.50. The first kappa shape index (κ1) is 16.4. The number of aliphatic hydroxyl groups is 1. The van der Waals surface area contributed by atoms with Crippen molar-refractivity contribution < 1.29 is 18.8 Å². The van der Waals surface area contributed by atoms with Crippen LogP contribution in [0.3, 0.4) is 0 Å². The lowest BCUT2D eigenvalue weighted by atomic mass is 9.80. The van der Waals surface area contributed by atoms with Crippen molar-refractivity contribution in [3.8, 4) is 11.4 Å². The standard InChI is InChI=1S/C16H19FN4O3/c1-10(19-15(22)18-9-16(23)6-3-7-16)14-20-13(21-24-14)11-4-2-5-12(17)8-11/h2,4-5,8,10,23H,3,6-7,9H2,1H3,(H2,18,19,22). The van der Waals surface area contributed by atoms with Gasteiger partial charge in [0.1, 0.15) is 11.9 Å². The summed E-state index contributed by atoms with van der Waals surface area (Å²) in [7, 11) is 0. The molecule has 0 radical (unpaired) electrons. The number of urea groups is 1. The predicted molar refractivity (Wildman–Crippen MR) is 83.4 cm³/mol. The van der Waals surface area contributed by atoms with E-state index in [0.717, 1.165) is 6.42 Å². The Morgan fingerprint density at radius 2 is 2.29 bits per heavy atom. The van der Waals surface area contributed by atoms with Crippen LogP contribution in [0.5, 0.6) is 0 Å². The number of amides is 2. The second-order valence-electron chi connectivity index (χ2n) is 6.09. The fourth-order valence-electron chi connectivity index (χ4n) is 2.47. The minimum atomic E-state index is -0.782. The number of benzene rings is 1. The maximum atomic E-state index is 13.2. The Balaban J connectivity index is 1.57. The molecule has 1 saturated carbocycles. The molecular formula is C16H19FN4O3. The van der Waals surface area contributed by atoms with E-state index in [-0.39, 0.29) is 18.3 Å². The Morgan fingerprint density at radius 3 is 2.96 bits per heavy atom. The van der Waals surface area contributed by atoms with Crippen molar-refractivity contribution in [3.63, 3.8) is 0 Å². The van der Waals surface area contributed by atoms with Gasteiger partial charge >= 0.3 is 6.03 Å². The third-order valence-electron chi connectivity index (χ3n) is 4.10. The van der Waals surface area contributed by atoms with Crippen LogP contribution in [0.15, 0.2) is 28.8 Å². The summed E-state index contributed by atoms with van der Waals surface area (Å²) in [5.41, 5.74) is -0.288. The van der Waals surface area contributed by atoms with Gasteiger partial charge in [0.15, 0.2) is 0 Å². The summed E-state index contributed by atoms with van der Waals surface area (Å²) in [6, 6.07) is 4.92. The second-order valence-corrected chi connectivity index (χ2v) is 6.09. The van der Waals surface area contributed by atoms with E-state index in [1.807, 2.05) is 0 Å². The Bertz CT molecular complexity index is 730. The van der Waals surface area contributed by atoms with Crippen molar-refractivity contribution in [3.05, 3.63) is 36.0 Å². The molecule has 24 heavy (non-hydrogen) atoms. The van der Waals surface area contributed by atoms with Crippen molar-refractivity contribution in [2.24, 2.45) is 0 Å². The van der Waals surface area contributed by atoms with E-state index in [9.17, 15) is 14.3 Å². The first-order valence-electron chi connectivity index (χ1n) is 7.81. The van der Waals surface area contributed by atoms with Gasteiger partial charge in [-0.05, 0) is 38.3 Å². The number of aromatic nitrogens is 2. The molecule has 0 bridgehead atoms. The van der Waals surface area contributed by atoms with Gasteiger partial charge in [-0.25, -0.2) is 9.18 Å². The highest BCUT2D eigenvalue weighted by Gasteiger charge is 2.34. The molecule has 1 aromatic carbocycles. The van der Waals surface area contributed by atoms with Crippen LogP contribution in [-0.4, -0.2) is 33.4 Å². The topological polar surface area (TPSA) is 100 Å². The molecule has 1 aromatic heterocycles. The highest BCUT2D eigenvalue weighted by atomic mass is 19.1. The molecular weight excluding hydrogens is 315 g/mol. The first-order chi connectivity index (χ1) is 11.5. The number of hydrogen-bond donors (Lipinski definition) is 3. The van der Waals surface area contributed by atoms with Gasteiger partial charge in [-0.1, -0.05) is 17.3 Å². The van der Waals surface area contributed by atoms with Gasteiger partial charge < -0.3 is 20.3 Å². The Kier molecular flexibility index (Phi) is 4.48. The molecule has 1 heterocycles. The Hall–Kier alpha value is -2.48. The number of carbonyl (C=O) groups is 1. The minimum Gasteiger partial charge on any atom is -0.388 e. The summed E-state index contributed by atoms with van der Waals surface area (Å²) in [6.45, 7) is 1.91. The molecule has 1 unspecified atom stereocenters. The monoisotopic (exact) mass is 334 g/mol. The van der Waals surface area contributed by atoms with Gasteiger partial charge in [0.2, 0.25) is 11.7 Å². The predicted octanol–water partition coefficient (Wildman–Crippen LogP) is 2.15. The van der Waals surface area contributed by atoms with Crippen LogP contribution in [0.25, 0.3) is 11.4 Å². The summed E-state index contributed by atoms with van der Waals surface area (Å²) in [4.78, 5) is 16.0. The van der Waals surface area contributed by atoms with Gasteiger partial charge in [0, 0.05) is 12.1 Å². The molecule has 1 aliphatic carbocycles. The van der Waals surface area contributed by atoms with E-state index < -0.39 is 23.5 Å². The fourth-order valence-corrected chi connectivity index (χ4v) is 2.47. The van der Waals surface area contributed by atoms with E-state index in [1.165, 1.54) is 12.1 Å². The quantitative estimate of drug-likeness (QED) is 0.778. The molecule has 1 fully saturated rings. The van der Waals surface area contributed by atoms with Crippen LogP contribution in [0.1, 0.15) is 38.1 Å². The zero-order chi connectivity index (χ0) is 17.2. The number of halogens is 1. The van der Waals surface area contributed by atoms with Gasteiger partial charge in [0.25, 0.3) is 0 Å². The van der Waals surface area contributed by atoms with Crippen molar-refractivity contribution in [1.29, 1.82) is 0 Å². The maximum absolute atomic E-state index is 13.2. The van der Waals surface area contributed by atoms with Gasteiger partial charge in [-0.15, -0.1) is 0 Å². The van der Waals surface area contributed by atoms with E-state index in [2.05, 4.69) is 20.8 Å². The third kappa shape index (κ3) is 3.70. The van der Waals surface area contributed by atoms with Crippen LogP contribution in [0, 0.1) is 5.82 Å². The van der Waals surface area contributed by atoms with E-state index >= 15 is 0 Å². The fraction of sp³-hybridized carbons (Fsp3) is 0.438. The molecule has 0 aliphatic heterocycles. The number of hydrogen-bond acceptors (Lipinski definition) is 5. The average molecular weight is 334 g/mol. The zero-order valence-electron chi connectivity index (χ0n) is 13.3. The van der Waals surface area contributed by atoms with E-state index in [4.69, 9.17) is 4.52 Å². The van der Waals surface area contributed by atoms with Gasteiger partial charge in [-0.3, -0.25) is 0 Å². The molecule has 7 nitrogen and oxygen atoms in total. The molecule has 0 saturated heterocycles. The highest BCUT2D eigenvalue weighted by Crippen LogP contribution is 2.30. The molecule has 3 rings (SSSR count). The summed E-state index contributed by atoms with van der Waals surface area (Å²) < 4.78 is 18.4. The van der Waals surface area contributed by atoms with Gasteiger partial charge in [0.05, 0.1) is 5.60 Å². The van der Waals surface area contributed by atoms with Crippen molar-refractivity contribution in [1.82, 2.24) is 20.8 Å². The van der Waals surface area contributed by atoms with Crippen LogP contribution in [-0.2, 0) is 0 Å². The minimum absolute atomic E-state index is 0.212. The summed E-state index contributed by atoms with van der Waals surface area (Å²) >= 11 is 0. The smallest absolute Gasteiger partial charge is 0.315 e. The first-order valence-corrected chi connectivity index (χ1v) is 7.81. The molecule has 8 heteroatoms. The highest BCUT2D eigenvalue weighted by molar-refractivity contribution is 5.74. The SMILES string of the molecule is CC(NC(=O)NCC1(O)CCC1)c1nc(-c2cccc(F)c2)no1. The van der Waals surface area contributed by atoms with Crippen LogP contribution >= 0.6 is 0 Å². The van der Waals surface area contributed by atoms with Crippen molar-refractivity contribution in [2.75, 3.05) is 6.54 Å². The molecule has 2 amide bonds. The van der Waals surface area contributed by atoms with Crippen LogP contribution in [0.2, 0.25) is 0 Å². The maximum Gasteiger partial charge on any atom is 0.315 e. The normalized spacial score (nSPS) is 17.0. The lowest BCUT2D eigenvalue weighted by Gasteiger charge is -2.36. The Labute approximate surface area is 138 Å². The van der Waals surface area contributed by atoms with E-state index in [0.29, 0.717) is 18.4 Å². The summed E-state index contributed by atoms with van der Waals surface area (Å²) in [6.07, 6.45) is 2.37. The van der Waals surface area contributed by atoms with Crippen LogP contribution < -0.4 is 10.6 Å². The Morgan fingerprint density at radius 1 is 1.50 bits per heavy atom. The number of rotatable bonds is 5. The largest absolute Gasteiger partial charge is 0.388 e. The van der Waals surface area contributed by atoms with E-state index in [1.54, 1.807) is 19.1 Å². The summed E-state index contributed by atoms with van der Waals surface area (Å²) in [5.74, 6) is 0.0763. The van der Waals surface area contributed by atoms with Gasteiger partial charge in [-0.2, -0.15) is 4.98 Å². The molecule has 3 N–H and O–H groups in total. The summed E-state index contributed by atoms with van der Waals surface area (Å²) in [5, 5.41) is 19.0. The van der Waals surface area contributed by atoms with Crippen molar-refractivity contribution in [2.45, 2.75) is 37.8 Å². The zero-order valence-corrected chi connectivity index (χ0v) is 13.3. The number of carbonyl (C=O) groups excluding carboxylic acids is 1. The molecule has 2 aromatic rings. The number of nitrogens with one attached hydrogen (secondary N) is 2. The van der Waals surface area contributed by atoms with Crippen LogP contribution in [0.4, 0.5) is 9.18 Å². The second kappa shape index (κ2) is 6.56. The molecule has 0 spiro atoms. The molecule has 1 aliphatic rings. The van der Waals surface area contributed by atoms with Crippen molar-refractivity contribution >= 4 is 6.03 Å².